The molecule has 47 heavy (non-hydrogen) atoms. The maximum atomic E-state index is 13.3. The Balaban J connectivity index is 2.14. The number of furan rings is 1. The summed E-state index contributed by atoms with van der Waals surface area (Å²) in [7, 11) is 0. The minimum Gasteiger partial charge on any atom is -0.472 e. The van der Waals surface area contributed by atoms with E-state index in [4.69, 9.17) is 37.6 Å². The molecule has 3 fully saturated rings. The average molecular weight is 667 g/mol. The Morgan fingerprint density at radius 2 is 1.40 bits per heavy atom. The van der Waals surface area contributed by atoms with Crippen molar-refractivity contribution >= 4 is 35.8 Å². The van der Waals surface area contributed by atoms with Gasteiger partial charge in [-0.05, 0) is 26.8 Å². The first-order valence-corrected chi connectivity index (χ1v) is 15.2. The standard InChI is InChI=1S/C32H42O15/c1-15(2)27(37)41-14-31-24(43-17(4)34)21(46-28(38)20-10-11-40-13-20)12-30(9,39)32(31)25(44-18(5)35)22(29(7,8)47-32)23(42-16(3)33)26(31)45-19(6)36/h10-11,13,15,21-26,39H,12,14H2,1-9H3/t21-,22-,23-,24-,25-,26-,30-,31-,32+/m0/s1. The third kappa shape index (κ3) is 5.99. The number of rotatable bonds is 9. The Morgan fingerprint density at radius 3 is 1.91 bits per heavy atom. The van der Waals surface area contributed by atoms with E-state index in [1.165, 1.54) is 19.3 Å². The van der Waals surface area contributed by atoms with Gasteiger partial charge in [0.15, 0.2) is 17.8 Å². The van der Waals surface area contributed by atoms with Crippen LogP contribution >= 0.6 is 0 Å². The summed E-state index contributed by atoms with van der Waals surface area (Å²) in [6.45, 7) is 11.2. The number of hydrogen-bond donors (Lipinski definition) is 1. The van der Waals surface area contributed by atoms with Crippen LogP contribution in [0.25, 0.3) is 0 Å². The van der Waals surface area contributed by atoms with Crippen LogP contribution in [-0.4, -0.2) is 94.9 Å². The van der Waals surface area contributed by atoms with Gasteiger partial charge >= 0.3 is 35.8 Å². The quantitative estimate of drug-likeness (QED) is 0.296. The highest BCUT2D eigenvalue weighted by atomic mass is 16.7. The molecule has 1 saturated heterocycles. The molecule has 2 saturated carbocycles. The molecular formula is C32H42O15. The van der Waals surface area contributed by atoms with Gasteiger partial charge in [0.2, 0.25) is 0 Å². The molecule has 15 nitrogen and oxygen atoms in total. The molecule has 260 valence electrons. The van der Waals surface area contributed by atoms with Gasteiger partial charge in [0, 0.05) is 34.1 Å². The van der Waals surface area contributed by atoms with Crippen LogP contribution in [0.1, 0.15) is 79.1 Å². The predicted octanol–water partition coefficient (Wildman–Crippen LogP) is 2.05. The second-order valence-electron chi connectivity index (χ2n) is 13.4. The largest absolute Gasteiger partial charge is 0.472 e. The summed E-state index contributed by atoms with van der Waals surface area (Å²) in [5, 5.41) is 12.6. The Hall–Kier alpha value is -3.98. The number of carbonyl (C=O) groups is 6. The van der Waals surface area contributed by atoms with E-state index in [1.54, 1.807) is 27.7 Å². The first kappa shape index (κ1) is 35.9. The summed E-state index contributed by atoms with van der Waals surface area (Å²) in [5.41, 5.74) is -8.08. The number of ether oxygens (including phenoxy) is 7. The normalized spacial score (nSPS) is 35.2. The highest BCUT2D eigenvalue weighted by molar-refractivity contribution is 5.89. The van der Waals surface area contributed by atoms with Gasteiger partial charge in [0.05, 0.1) is 34.9 Å². The first-order chi connectivity index (χ1) is 21.7. The molecule has 0 aromatic carbocycles. The van der Waals surface area contributed by atoms with Crippen molar-refractivity contribution in [1.82, 2.24) is 0 Å². The van der Waals surface area contributed by atoms with Crippen LogP contribution < -0.4 is 0 Å². The van der Waals surface area contributed by atoms with Gasteiger partial charge in [-0.25, -0.2) is 4.79 Å². The summed E-state index contributed by atoms with van der Waals surface area (Å²) >= 11 is 0. The van der Waals surface area contributed by atoms with Crippen molar-refractivity contribution in [2.75, 3.05) is 6.61 Å². The van der Waals surface area contributed by atoms with Gasteiger partial charge in [0.25, 0.3) is 0 Å². The second-order valence-corrected chi connectivity index (χ2v) is 13.4. The van der Waals surface area contributed by atoms with E-state index in [2.05, 4.69) is 0 Å². The Morgan fingerprint density at radius 1 is 0.851 bits per heavy atom. The maximum absolute atomic E-state index is 13.3. The second kappa shape index (κ2) is 12.6. The van der Waals surface area contributed by atoms with Crippen LogP contribution in [0.4, 0.5) is 0 Å². The molecular weight excluding hydrogens is 624 g/mol. The molecule has 0 amide bonds. The molecule has 1 aromatic rings. The van der Waals surface area contributed by atoms with E-state index in [1.807, 2.05) is 0 Å². The maximum Gasteiger partial charge on any atom is 0.341 e. The lowest BCUT2D eigenvalue weighted by Gasteiger charge is -2.66. The molecule has 3 aliphatic rings. The van der Waals surface area contributed by atoms with Crippen molar-refractivity contribution in [2.24, 2.45) is 17.3 Å². The number of aliphatic hydroxyl groups is 1. The Bertz CT molecular complexity index is 1410. The molecule has 1 spiro atoms. The van der Waals surface area contributed by atoms with Crippen LogP contribution in [-0.2, 0) is 57.1 Å². The molecule has 4 rings (SSSR count). The highest BCUT2D eigenvalue weighted by Gasteiger charge is 2.89. The van der Waals surface area contributed by atoms with Crippen LogP contribution in [0.15, 0.2) is 23.0 Å². The molecule has 0 unspecified atom stereocenters. The predicted molar refractivity (Wildman–Crippen MR) is 155 cm³/mol. The molecule has 2 bridgehead atoms. The van der Waals surface area contributed by atoms with Gasteiger partial charge in [-0.2, -0.15) is 0 Å². The number of hydrogen-bond acceptors (Lipinski definition) is 15. The first-order valence-electron chi connectivity index (χ1n) is 15.2. The van der Waals surface area contributed by atoms with Crippen molar-refractivity contribution in [1.29, 1.82) is 0 Å². The monoisotopic (exact) mass is 666 g/mol. The molecule has 1 N–H and O–H groups in total. The van der Waals surface area contributed by atoms with E-state index < -0.39 is 113 Å². The number of esters is 6. The summed E-state index contributed by atoms with van der Waals surface area (Å²) < 4.78 is 47.1. The average Bonchev–Trinajstić information content (AvgIpc) is 3.52. The Labute approximate surface area is 271 Å². The van der Waals surface area contributed by atoms with Crippen molar-refractivity contribution in [2.45, 2.75) is 116 Å². The van der Waals surface area contributed by atoms with Crippen molar-refractivity contribution in [3.05, 3.63) is 24.2 Å². The lowest BCUT2D eigenvalue weighted by atomic mass is 9.45. The van der Waals surface area contributed by atoms with Crippen LogP contribution in [0.2, 0.25) is 0 Å². The summed E-state index contributed by atoms with van der Waals surface area (Å²) in [4.78, 5) is 77.7. The van der Waals surface area contributed by atoms with E-state index in [-0.39, 0.29) is 5.56 Å². The minimum absolute atomic E-state index is 0.0131. The highest BCUT2D eigenvalue weighted by Crippen LogP contribution is 2.69. The van der Waals surface area contributed by atoms with Crippen molar-refractivity contribution < 1.29 is 71.4 Å². The topological polar surface area (TPSA) is 200 Å². The van der Waals surface area contributed by atoms with Gasteiger partial charge in [-0.3, -0.25) is 24.0 Å². The number of fused-ring (bicyclic) bond motifs is 1. The number of carbonyl (C=O) groups excluding carboxylic acids is 6. The summed E-state index contributed by atoms with van der Waals surface area (Å²) in [6.07, 6.45) is -6.06. The zero-order valence-corrected chi connectivity index (χ0v) is 27.9. The molecule has 1 aliphatic heterocycles. The fourth-order valence-corrected chi connectivity index (χ4v) is 7.74. The van der Waals surface area contributed by atoms with Crippen LogP contribution in [0.5, 0.6) is 0 Å². The molecule has 2 aliphatic carbocycles. The van der Waals surface area contributed by atoms with Gasteiger partial charge in [0.1, 0.15) is 36.6 Å². The molecule has 0 radical (unpaired) electrons. The molecule has 9 atom stereocenters. The summed E-state index contributed by atoms with van der Waals surface area (Å²) in [5.74, 6) is -6.89. The van der Waals surface area contributed by atoms with Crippen LogP contribution in [0, 0.1) is 17.3 Å². The van der Waals surface area contributed by atoms with E-state index in [0.717, 1.165) is 34.0 Å². The lowest BCUT2D eigenvalue weighted by Crippen LogP contribution is -2.85. The molecule has 15 heteroatoms. The SMILES string of the molecule is CC(=O)O[C@H]1[C@H]2[C@H](OC(C)=O)[C@]3(OC2(C)C)[C@](COC(=O)C(C)C)([C@H]1OC(C)=O)[C@@H](OC(C)=O)[C@@H](OC(=O)c1ccoc1)C[C@]3(C)O. The van der Waals surface area contributed by atoms with Gasteiger partial charge in [-0.1, -0.05) is 13.8 Å². The van der Waals surface area contributed by atoms with Crippen LogP contribution in [0.3, 0.4) is 0 Å². The van der Waals surface area contributed by atoms with Crippen molar-refractivity contribution in [3.8, 4) is 0 Å². The van der Waals surface area contributed by atoms with Crippen molar-refractivity contribution in [3.63, 3.8) is 0 Å². The van der Waals surface area contributed by atoms with Gasteiger partial charge in [-0.15, -0.1) is 0 Å². The lowest BCUT2D eigenvalue weighted by molar-refractivity contribution is -0.363. The Kier molecular flexibility index (Phi) is 9.59. The van der Waals surface area contributed by atoms with E-state index in [9.17, 15) is 33.9 Å². The van der Waals surface area contributed by atoms with Gasteiger partial charge < -0.3 is 42.7 Å². The smallest absolute Gasteiger partial charge is 0.341 e. The fourth-order valence-electron chi connectivity index (χ4n) is 7.74. The molecule has 1 aromatic heterocycles. The summed E-state index contributed by atoms with van der Waals surface area (Å²) in [6, 6.07) is 1.33. The minimum atomic E-state index is -2.26. The van der Waals surface area contributed by atoms with E-state index >= 15 is 0 Å². The fraction of sp³-hybridized carbons (Fsp3) is 0.688. The zero-order valence-electron chi connectivity index (χ0n) is 27.9. The third-order valence-electron chi connectivity index (χ3n) is 9.17. The van der Waals surface area contributed by atoms with E-state index in [0.29, 0.717) is 0 Å². The molecule has 2 heterocycles. The zero-order chi connectivity index (χ0) is 35.3. The third-order valence-corrected chi connectivity index (χ3v) is 9.17.